The van der Waals surface area contributed by atoms with Gasteiger partial charge in [0.15, 0.2) is 0 Å². The van der Waals surface area contributed by atoms with Crippen LogP contribution in [0.3, 0.4) is 0 Å². The van der Waals surface area contributed by atoms with Crippen LogP contribution in [0.25, 0.3) is 0 Å². The molecule has 2 aromatic rings. The van der Waals surface area contributed by atoms with E-state index in [0.29, 0.717) is 11.8 Å². The van der Waals surface area contributed by atoms with Crippen LogP contribution in [-0.4, -0.2) is 9.97 Å². The third-order valence-corrected chi connectivity index (χ3v) is 3.09. The summed E-state index contributed by atoms with van der Waals surface area (Å²) >= 11 is 0. The molecule has 0 aliphatic carbocycles. The summed E-state index contributed by atoms with van der Waals surface area (Å²) in [7, 11) is 0. The molecule has 2 nitrogen and oxygen atoms in total. The van der Waals surface area contributed by atoms with Crippen LogP contribution in [0.1, 0.15) is 43.5 Å². The minimum absolute atomic E-state index is 0.466. The Morgan fingerprint density at radius 2 is 1.29 bits per heavy atom. The molecule has 2 heteroatoms. The van der Waals surface area contributed by atoms with E-state index in [1.807, 2.05) is 36.7 Å². The third kappa shape index (κ3) is 3.13. The summed E-state index contributed by atoms with van der Waals surface area (Å²) < 4.78 is 0. The van der Waals surface area contributed by atoms with Gasteiger partial charge in [0.1, 0.15) is 0 Å². The van der Waals surface area contributed by atoms with Crippen LogP contribution in [0, 0.1) is 0 Å². The lowest BCUT2D eigenvalue weighted by Crippen LogP contribution is -2.04. The van der Waals surface area contributed by atoms with Gasteiger partial charge in [0.2, 0.25) is 0 Å². The van der Waals surface area contributed by atoms with Gasteiger partial charge in [-0.05, 0) is 42.5 Å². The van der Waals surface area contributed by atoms with Crippen molar-refractivity contribution >= 4 is 0 Å². The van der Waals surface area contributed by atoms with E-state index >= 15 is 0 Å². The van der Waals surface area contributed by atoms with Crippen molar-refractivity contribution in [1.29, 1.82) is 0 Å². The van der Waals surface area contributed by atoms with Gasteiger partial charge in [-0.2, -0.15) is 0 Å². The smallest absolute Gasteiger partial charge is 0.0431 e. The van der Waals surface area contributed by atoms with Crippen molar-refractivity contribution in [3.8, 4) is 0 Å². The summed E-state index contributed by atoms with van der Waals surface area (Å²) in [5, 5.41) is 0. The second-order valence-electron chi connectivity index (χ2n) is 4.55. The highest BCUT2D eigenvalue weighted by Gasteiger charge is 2.13. The van der Waals surface area contributed by atoms with Gasteiger partial charge in [-0.1, -0.05) is 26.0 Å². The first kappa shape index (κ1) is 11.8. The molecular formula is C15H18N2. The largest absolute Gasteiger partial charge is 0.261 e. The van der Waals surface area contributed by atoms with E-state index in [4.69, 9.17) is 0 Å². The third-order valence-electron chi connectivity index (χ3n) is 3.09. The fourth-order valence-electron chi connectivity index (χ4n) is 2.11. The normalized spacial score (nSPS) is 14.2. The van der Waals surface area contributed by atoms with Crippen molar-refractivity contribution in [3.63, 3.8) is 0 Å². The predicted octanol–water partition coefficient (Wildman–Crippen LogP) is 3.77. The van der Waals surface area contributed by atoms with Gasteiger partial charge in [-0.25, -0.2) is 0 Å². The summed E-state index contributed by atoms with van der Waals surface area (Å²) in [6.45, 7) is 4.45. The molecule has 0 fully saturated rings. The molecule has 0 radical (unpaired) electrons. The van der Waals surface area contributed by atoms with E-state index in [1.54, 1.807) is 0 Å². The molecule has 0 aliphatic heterocycles. The molecule has 17 heavy (non-hydrogen) atoms. The maximum absolute atomic E-state index is 4.40. The quantitative estimate of drug-likeness (QED) is 0.793. The second kappa shape index (κ2) is 5.58. The highest BCUT2D eigenvalue weighted by Crippen LogP contribution is 2.26. The van der Waals surface area contributed by atoms with Gasteiger partial charge in [0.25, 0.3) is 0 Å². The molecule has 2 heterocycles. The van der Waals surface area contributed by atoms with E-state index in [0.717, 1.165) is 17.8 Å². The van der Waals surface area contributed by atoms with E-state index in [1.165, 1.54) is 0 Å². The van der Waals surface area contributed by atoms with Crippen LogP contribution in [0.15, 0.2) is 48.8 Å². The SMILES string of the molecule is CC(CC(C)c1ccccn1)c1ccccn1. The average molecular weight is 226 g/mol. The molecule has 0 bridgehead atoms. The maximum Gasteiger partial charge on any atom is 0.0431 e. The minimum atomic E-state index is 0.466. The van der Waals surface area contributed by atoms with Crippen molar-refractivity contribution in [3.05, 3.63) is 60.2 Å². The molecule has 2 unspecified atom stereocenters. The van der Waals surface area contributed by atoms with Crippen LogP contribution < -0.4 is 0 Å². The number of pyridine rings is 2. The molecule has 0 aliphatic rings. The molecule has 0 spiro atoms. The van der Waals surface area contributed by atoms with Crippen molar-refractivity contribution in [1.82, 2.24) is 9.97 Å². The predicted molar refractivity (Wildman–Crippen MR) is 69.9 cm³/mol. The average Bonchev–Trinajstić information content (AvgIpc) is 2.40. The molecule has 0 N–H and O–H groups in total. The molecule has 0 saturated carbocycles. The van der Waals surface area contributed by atoms with Gasteiger partial charge in [-0.3, -0.25) is 9.97 Å². The molecule has 88 valence electrons. The van der Waals surface area contributed by atoms with Gasteiger partial charge in [0, 0.05) is 23.8 Å². The molecule has 2 atom stereocenters. The number of hydrogen-bond acceptors (Lipinski definition) is 2. The summed E-state index contributed by atoms with van der Waals surface area (Å²) in [4.78, 5) is 8.81. The zero-order chi connectivity index (χ0) is 12.1. The van der Waals surface area contributed by atoms with Gasteiger partial charge >= 0.3 is 0 Å². The van der Waals surface area contributed by atoms with Crippen LogP contribution in [-0.2, 0) is 0 Å². The number of rotatable bonds is 4. The van der Waals surface area contributed by atoms with E-state index < -0.39 is 0 Å². The summed E-state index contributed by atoms with van der Waals surface area (Å²) in [5.41, 5.74) is 2.32. The van der Waals surface area contributed by atoms with Gasteiger partial charge in [0.05, 0.1) is 0 Å². The Balaban J connectivity index is 2.02. The maximum atomic E-state index is 4.40. The Bertz CT molecular complexity index is 395. The number of hydrogen-bond donors (Lipinski definition) is 0. The van der Waals surface area contributed by atoms with E-state index in [9.17, 15) is 0 Å². The van der Waals surface area contributed by atoms with Gasteiger partial charge < -0.3 is 0 Å². The lowest BCUT2D eigenvalue weighted by Gasteiger charge is -2.16. The topological polar surface area (TPSA) is 25.8 Å². The highest BCUT2D eigenvalue weighted by molar-refractivity contribution is 5.13. The molecule has 2 aromatic heterocycles. The van der Waals surface area contributed by atoms with Crippen LogP contribution in [0.2, 0.25) is 0 Å². The van der Waals surface area contributed by atoms with Crippen LogP contribution >= 0.6 is 0 Å². The summed E-state index contributed by atoms with van der Waals surface area (Å²) in [5.74, 6) is 0.932. The Morgan fingerprint density at radius 3 is 1.65 bits per heavy atom. The van der Waals surface area contributed by atoms with E-state index in [2.05, 4.69) is 35.9 Å². The minimum Gasteiger partial charge on any atom is -0.261 e. The molecule has 0 saturated heterocycles. The zero-order valence-electron chi connectivity index (χ0n) is 10.4. The number of nitrogens with zero attached hydrogens (tertiary/aromatic N) is 2. The first-order chi connectivity index (χ1) is 8.27. The van der Waals surface area contributed by atoms with Crippen molar-refractivity contribution < 1.29 is 0 Å². The number of aromatic nitrogens is 2. The lowest BCUT2D eigenvalue weighted by atomic mass is 9.92. The Labute approximate surface area is 103 Å². The second-order valence-corrected chi connectivity index (χ2v) is 4.55. The fourth-order valence-corrected chi connectivity index (χ4v) is 2.11. The van der Waals surface area contributed by atoms with E-state index in [-0.39, 0.29) is 0 Å². The van der Waals surface area contributed by atoms with Crippen LogP contribution in [0.4, 0.5) is 0 Å². The molecular weight excluding hydrogens is 208 g/mol. The Kier molecular flexibility index (Phi) is 3.86. The standard InChI is InChI=1S/C15H18N2/c1-12(14-7-3-5-9-16-14)11-13(2)15-8-4-6-10-17-15/h3-10,12-13H,11H2,1-2H3. The molecule has 2 rings (SSSR count). The Morgan fingerprint density at radius 1 is 0.824 bits per heavy atom. The monoisotopic (exact) mass is 226 g/mol. The van der Waals surface area contributed by atoms with Crippen LogP contribution in [0.5, 0.6) is 0 Å². The zero-order valence-corrected chi connectivity index (χ0v) is 10.4. The van der Waals surface area contributed by atoms with Crippen molar-refractivity contribution in [2.75, 3.05) is 0 Å². The summed E-state index contributed by atoms with van der Waals surface area (Å²) in [6, 6.07) is 12.2. The highest BCUT2D eigenvalue weighted by atomic mass is 14.7. The fraction of sp³-hybridized carbons (Fsp3) is 0.333. The molecule has 0 amide bonds. The lowest BCUT2D eigenvalue weighted by molar-refractivity contribution is 0.571. The first-order valence-electron chi connectivity index (χ1n) is 6.09. The summed E-state index contributed by atoms with van der Waals surface area (Å²) in [6.07, 6.45) is 4.79. The van der Waals surface area contributed by atoms with Crippen molar-refractivity contribution in [2.24, 2.45) is 0 Å². The van der Waals surface area contributed by atoms with Gasteiger partial charge in [-0.15, -0.1) is 0 Å². The Hall–Kier alpha value is -1.70. The van der Waals surface area contributed by atoms with Crippen molar-refractivity contribution in [2.45, 2.75) is 32.1 Å². The first-order valence-corrected chi connectivity index (χ1v) is 6.09. The molecule has 0 aromatic carbocycles.